The molecule has 1 aliphatic heterocycles. The summed E-state index contributed by atoms with van der Waals surface area (Å²) in [7, 11) is 0. The molecule has 0 aromatic heterocycles. The Morgan fingerprint density at radius 3 is 3.00 bits per heavy atom. The number of hydrogen-bond donors (Lipinski definition) is 1. The lowest BCUT2D eigenvalue weighted by Crippen LogP contribution is -2.38. The molecule has 2 nitrogen and oxygen atoms in total. The molecule has 1 fully saturated rings. The second kappa shape index (κ2) is 3.99. The molecule has 0 radical (unpaired) electrons. The first-order valence-electron chi connectivity index (χ1n) is 3.98. The fraction of sp³-hybridized carbons (Fsp3) is 0.875. The van der Waals surface area contributed by atoms with E-state index in [2.05, 4.69) is 17.6 Å². The van der Waals surface area contributed by atoms with E-state index in [1.54, 1.807) is 0 Å². The number of nitrogens with one attached hydrogen (secondary N) is 1. The fourth-order valence-electron chi connectivity index (χ4n) is 1.45. The highest BCUT2D eigenvalue weighted by Crippen LogP contribution is 2.23. The normalized spacial score (nSPS) is 30.2. The molecule has 1 unspecified atom stereocenters. The smallest absolute Gasteiger partial charge is 0.107 e. The molecule has 1 N–H and O–H groups in total. The molecule has 0 bridgehead atoms. The van der Waals surface area contributed by atoms with Crippen molar-refractivity contribution in [1.29, 1.82) is 5.26 Å². The van der Waals surface area contributed by atoms with E-state index < -0.39 is 0 Å². The molecule has 3 heteroatoms. The Morgan fingerprint density at radius 1 is 1.73 bits per heavy atom. The van der Waals surface area contributed by atoms with Crippen LogP contribution in [0.1, 0.15) is 19.3 Å². The third-order valence-corrected chi connectivity index (χ3v) is 2.80. The molecule has 1 aliphatic rings. The first-order valence-corrected chi connectivity index (χ1v) is 5.38. The Morgan fingerprint density at radius 2 is 2.55 bits per heavy atom. The Bertz CT molecular complexity index is 156. The third-order valence-electron chi connectivity index (χ3n) is 2.19. The van der Waals surface area contributed by atoms with E-state index >= 15 is 0 Å². The van der Waals surface area contributed by atoms with Gasteiger partial charge in [0.05, 0.1) is 6.07 Å². The summed E-state index contributed by atoms with van der Waals surface area (Å²) in [5.41, 5.74) is -0.178. The summed E-state index contributed by atoms with van der Waals surface area (Å²) in [5, 5.41) is 12.2. The molecular formula is C8H14N2S. The van der Waals surface area contributed by atoms with E-state index in [0.29, 0.717) is 0 Å². The van der Waals surface area contributed by atoms with Crippen LogP contribution in [0, 0.1) is 11.3 Å². The van der Waals surface area contributed by atoms with Gasteiger partial charge in [0, 0.05) is 0 Å². The number of nitrogens with zero attached hydrogens (tertiary/aromatic N) is 1. The van der Waals surface area contributed by atoms with Crippen molar-refractivity contribution in [2.45, 2.75) is 24.8 Å². The number of hydrogen-bond acceptors (Lipinski definition) is 3. The molecule has 1 atom stereocenters. The van der Waals surface area contributed by atoms with Crippen molar-refractivity contribution in [1.82, 2.24) is 5.32 Å². The van der Waals surface area contributed by atoms with Gasteiger partial charge in [-0.1, -0.05) is 0 Å². The first kappa shape index (κ1) is 8.89. The van der Waals surface area contributed by atoms with Gasteiger partial charge in [0.2, 0.25) is 0 Å². The fourth-order valence-corrected chi connectivity index (χ4v) is 2.00. The molecule has 0 spiro atoms. The van der Waals surface area contributed by atoms with Gasteiger partial charge in [-0.05, 0) is 37.8 Å². The quantitative estimate of drug-likeness (QED) is 0.695. The van der Waals surface area contributed by atoms with Gasteiger partial charge in [-0.15, -0.1) is 0 Å². The molecule has 0 amide bonds. The van der Waals surface area contributed by atoms with E-state index in [0.717, 1.165) is 31.6 Å². The molecule has 1 rings (SSSR count). The van der Waals surface area contributed by atoms with Crippen LogP contribution in [0.5, 0.6) is 0 Å². The molecule has 0 aromatic rings. The molecule has 62 valence electrons. The maximum absolute atomic E-state index is 8.92. The molecule has 1 heterocycles. The number of rotatable bonds is 3. The van der Waals surface area contributed by atoms with Crippen LogP contribution in [0.4, 0.5) is 0 Å². The summed E-state index contributed by atoms with van der Waals surface area (Å²) in [5.74, 6) is 1.08. The summed E-state index contributed by atoms with van der Waals surface area (Å²) in [4.78, 5) is 0. The van der Waals surface area contributed by atoms with Crippen LogP contribution in [0.2, 0.25) is 0 Å². The standard InChI is InChI=1S/C8H14N2S/c1-11-6-4-8(7-9)3-2-5-10-8/h10H,2-6H2,1H3. The number of thioether (sulfide) groups is 1. The minimum Gasteiger partial charge on any atom is -0.299 e. The van der Waals surface area contributed by atoms with Gasteiger partial charge in [0.15, 0.2) is 0 Å². The second-order valence-corrected chi connectivity index (χ2v) is 3.95. The van der Waals surface area contributed by atoms with Crippen molar-refractivity contribution in [3.8, 4) is 6.07 Å². The Labute approximate surface area is 72.4 Å². The van der Waals surface area contributed by atoms with E-state index in [4.69, 9.17) is 5.26 Å². The predicted octanol–water partition coefficient (Wildman–Crippen LogP) is 1.39. The van der Waals surface area contributed by atoms with Gasteiger partial charge in [-0.2, -0.15) is 17.0 Å². The third kappa shape index (κ3) is 2.11. The lowest BCUT2D eigenvalue weighted by atomic mass is 9.96. The monoisotopic (exact) mass is 170 g/mol. The Kier molecular flexibility index (Phi) is 3.22. The second-order valence-electron chi connectivity index (χ2n) is 2.97. The van der Waals surface area contributed by atoms with Crippen LogP contribution in [-0.2, 0) is 0 Å². The Balaban J connectivity index is 2.41. The van der Waals surface area contributed by atoms with Crippen molar-refractivity contribution in [2.75, 3.05) is 18.6 Å². The molecule has 0 saturated carbocycles. The summed E-state index contributed by atoms with van der Waals surface area (Å²) in [6, 6.07) is 2.39. The molecule has 0 aliphatic carbocycles. The van der Waals surface area contributed by atoms with Crippen molar-refractivity contribution < 1.29 is 0 Å². The van der Waals surface area contributed by atoms with Crippen molar-refractivity contribution in [2.24, 2.45) is 0 Å². The first-order chi connectivity index (χ1) is 5.33. The van der Waals surface area contributed by atoms with E-state index in [9.17, 15) is 0 Å². The lowest BCUT2D eigenvalue weighted by molar-refractivity contribution is 0.471. The average molecular weight is 170 g/mol. The van der Waals surface area contributed by atoms with Gasteiger partial charge >= 0.3 is 0 Å². The zero-order chi connectivity index (χ0) is 8.16. The maximum Gasteiger partial charge on any atom is 0.107 e. The van der Waals surface area contributed by atoms with Crippen LogP contribution in [-0.4, -0.2) is 24.1 Å². The molecule has 1 saturated heterocycles. The maximum atomic E-state index is 8.92. The topological polar surface area (TPSA) is 35.8 Å². The summed E-state index contributed by atoms with van der Waals surface area (Å²) in [6.45, 7) is 1.02. The van der Waals surface area contributed by atoms with Crippen LogP contribution in [0.15, 0.2) is 0 Å². The SMILES string of the molecule is CSCCC1(C#N)CCCN1. The van der Waals surface area contributed by atoms with E-state index in [-0.39, 0.29) is 5.54 Å². The van der Waals surface area contributed by atoms with Gasteiger partial charge in [-0.3, -0.25) is 5.32 Å². The zero-order valence-corrected chi connectivity index (χ0v) is 7.71. The minimum atomic E-state index is -0.178. The van der Waals surface area contributed by atoms with Crippen LogP contribution in [0.3, 0.4) is 0 Å². The number of nitriles is 1. The Hall–Kier alpha value is -0.200. The summed E-state index contributed by atoms with van der Waals surface area (Å²) in [6.07, 6.45) is 5.26. The van der Waals surface area contributed by atoms with Crippen molar-refractivity contribution in [3.05, 3.63) is 0 Å². The van der Waals surface area contributed by atoms with Crippen molar-refractivity contribution in [3.63, 3.8) is 0 Å². The van der Waals surface area contributed by atoms with Gasteiger partial charge < -0.3 is 0 Å². The predicted molar refractivity (Wildman–Crippen MR) is 48.6 cm³/mol. The minimum absolute atomic E-state index is 0.178. The van der Waals surface area contributed by atoms with Crippen molar-refractivity contribution >= 4 is 11.8 Å². The van der Waals surface area contributed by atoms with Gasteiger partial charge in [-0.25, -0.2) is 0 Å². The van der Waals surface area contributed by atoms with Crippen LogP contribution < -0.4 is 5.32 Å². The molecular weight excluding hydrogens is 156 g/mol. The van der Waals surface area contributed by atoms with Gasteiger partial charge in [0.25, 0.3) is 0 Å². The molecule has 0 aromatic carbocycles. The molecule has 11 heavy (non-hydrogen) atoms. The lowest BCUT2D eigenvalue weighted by Gasteiger charge is -2.19. The highest BCUT2D eigenvalue weighted by molar-refractivity contribution is 7.98. The van der Waals surface area contributed by atoms with E-state index in [1.165, 1.54) is 0 Å². The van der Waals surface area contributed by atoms with E-state index in [1.807, 2.05) is 11.8 Å². The van der Waals surface area contributed by atoms with Crippen LogP contribution >= 0.6 is 11.8 Å². The average Bonchev–Trinajstić information content (AvgIpc) is 2.50. The summed E-state index contributed by atoms with van der Waals surface area (Å²) >= 11 is 1.81. The highest BCUT2D eigenvalue weighted by atomic mass is 32.2. The summed E-state index contributed by atoms with van der Waals surface area (Å²) < 4.78 is 0. The zero-order valence-electron chi connectivity index (χ0n) is 6.89. The van der Waals surface area contributed by atoms with Crippen LogP contribution in [0.25, 0.3) is 0 Å². The highest BCUT2D eigenvalue weighted by Gasteiger charge is 2.32. The largest absolute Gasteiger partial charge is 0.299 e. The van der Waals surface area contributed by atoms with Gasteiger partial charge in [0.1, 0.15) is 5.54 Å².